The van der Waals surface area contributed by atoms with Gasteiger partial charge in [-0.05, 0) is 26.2 Å². The molecule has 0 aliphatic carbocycles. The van der Waals surface area contributed by atoms with Gasteiger partial charge < -0.3 is 4.74 Å². The van der Waals surface area contributed by atoms with Crippen LogP contribution in [0.25, 0.3) is 0 Å². The van der Waals surface area contributed by atoms with E-state index in [9.17, 15) is 18.0 Å². The van der Waals surface area contributed by atoms with Crippen LogP contribution in [0.5, 0.6) is 0 Å². The van der Waals surface area contributed by atoms with Crippen LogP contribution in [0.2, 0.25) is 0 Å². The molecule has 0 N–H and O–H groups in total. The van der Waals surface area contributed by atoms with Gasteiger partial charge in [-0.1, -0.05) is 0 Å². The number of sulfonamides is 1. The van der Waals surface area contributed by atoms with Crippen LogP contribution in [0, 0.1) is 0 Å². The summed E-state index contributed by atoms with van der Waals surface area (Å²) in [5, 5.41) is 0. The molecule has 19 heavy (non-hydrogen) atoms. The zero-order chi connectivity index (χ0) is 14.5. The van der Waals surface area contributed by atoms with Crippen LogP contribution >= 0.6 is 0 Å². The average molecular weight is 291 g/mol. The number of ether oxygens (including phenoxy) is 1. The molecule has 1 fully saturated rings. The van der Waals surface area contributed by atoms with E-state index < -0.39 is 16.0 Å². The van der Waals surface area contributed by atoms with Gasteiger partial charge in [-0.25, -0.2) is 8.42 Å². The summed E-state index contributed by atoms with van der Waals surface area (Å²) in [6.07, 6.45) is 2.14. The highest BCUT2D eigenvalue weighted by Gasteiger charge is 2.34. The summed E-state index contributed by atoms with van der Waals surface area (Å²) >= 11 is 0. The summed E-state index contributed by atoms with van der Waals surface area (Å²) in [4.78, 5) is 22.1. The molecule has 1 unspecified atom stereocenters. The number of esters is 1. The fourth-order valence-corrected chi connectivity index (χ4v) is 4.11. The second kappa shape index (κ2) is 7.00. The topological polar surface area (TPSA) is 80.8 Å². The first kappa shape index (κ1) is 16.1. The highest BCUT2D eigenvalue weighted by atomic mass is 32.2. The van der Waals surface area contributed by atoms with Gasteiger partial charge in [0.1, 0.15) is 5.78 Å². The lowest BCUT2D eigenvalue weighted by molar-refractivity contribution is -0.140. The van der Waals surface area contributed by atoms with Crippen LogP contribution in [0.15, 0.2) is 0 Å². The smallest absolute Gasteiger partial charge is 0.305 e. The first-order chi connectivity index (χ1) is 8.86. The minimum Gasteiger partial charge on any atom is -0.469 e. The van der Waals surface area contributed by atoms with Gasteiger partial charge in [-0.15, -0.1) is 0 Å². The Labute approximate surface area is 114 Å². The van der Waals surface area contributed by atoms with E-state index in [1.165, 1.54) is 18.3 Å². The number of nitrogens with zero attached hydrogens (tertiary/aromatic N) is 1. The van der Waals surface area contributed by atoms with Gasteiger partial charge in [-0.3, -0.25) is 9.59 Å². The van der Waals surface area contributed by atoms with Gasteiger partial charge in [0, 0.05) is 25.4 Å². The van der Waals surface area contributed by atoms with Crippen molar-refractivity contribution in [2.24, 2.45) is 0 Å². The van der Waals surface area contributed by atoms with Crippen LogP contribution in [0.3, 0.4) is 0 Å². The predicted molar refractivity (Wildman–Crippen MR) is 70.1 cm³/mol. The van der Waals surface area contributed by atoms with Gasteiger partial charge in [0.2, 0.25) is 10.0 Å². The highest BCUT2D eigenvalue weighted by Crippen LogP contribution is 2.24. The molecule has 1 atom stereocenters. The number of rotatable bonds is 7. The Morgan fingerprint density at radius 2 is 2.05 bits per heavy atom. The van der Waals surface area contributed by atoms with E-state index in [2.05, 4.69) is 4.74 Å². The Balaban J connectivity index is 2.55. The van der Waals surface area contributed by atoms with Crippen molar-refractivity contribution in [3.05, 3.63) is 0 Å². The van der Waals surface area contributed by atoms with Crippen LogP contribution in [0.4, 0.5) is 0 Å². The van der Waals surface area contributed by atoms with Crippen molar-refractivity contribution >= 4 is 21.8 Å². The Bertz CT molecular complexity index is 431. The first-order valence-corrected chi connectivity index (χ1v) is 8.03. The third-order valence-electron chi connectivity index (χ3n) is 3.21. The molecule has 6 nitrogen and oxygen atoms in total. The van der Waals surface area contributed by atoms with Gasteiger partial charge in [0.25, 0.3) is 0 Å². The number of hydrogen-bond donors (Lipinski definition) is 0. The van der Waals surface area contributed by atoms with Crippen LogP contribution < -0.4 is 0 Å². The van der Waals surface area contributed by atoms with E-state index in [0.717, 1.165) is 12.8 Å². The molecule has 1 heterocycles. The lowest BCUT2D eigenvalue weighted by Gasteiger charge is -2.23. The minimum atomic E-state index is -3.39. The van der Waals surface area contributed by atoms with Crippen LogP contribution in [-0.4, -0.2) is 49.9 Å². The lowest BCUT2D eigenvalue weighted by atomic mass is 10.1. The highest BCUT2D eigenvalue weighted by molar-refractivity contribution is 7.89. The van der Waals surface area contributed by atoms with Crippen molar-refractivity contribution in [2.75, 3.05) is 19.4 Å². The minimum absolute atomic E-state index is 0.00154. The molecule has 0 aromatic rings. The number of hydrogen-bond acceptors (Lipinski definition) is 5. The van der Waals surface area contributed by atoms with Crippen molar-refractivity contribution < 1.29 is 22.7 Å². The van der Waals surface area contributed by atoms with Gasteiger partial charge in [-0.2, -0.15) is 4.31 Å². The SMILES string of the molecule is COC(=O)CCCS(=O)(=O)N1CCCC1CC(C)=O. The van der Waals surface area contributed by atoms with Gasteiger partial charge in [0.05, 0.1) is 12.9 Å². The quantitative estimate of drug-likeness (QED) is 0.645. The molecule has 0 radical (unpaired) electrons. The average Bonchev–Trinajstić information content (AvgIpc) is 2.76. The van der Waals surface area contributed by atoms with E-state index in [0.29, 0.717) is 6.54 Å². The largest absolute Gasteiger partial charge is 0.469 e. The van der Waals surface area contributed by atoms with E-state index in [-0.39, 0.29) is 36.8 Å². The fraction of sp³-hybridized carbons (Fsp3) is 0.833. The van der Waals surface area contributed by atoms with Crippen LogP contribution in [0.1, 0.15) is 39.0 Å². The van der Waals surface area contributed by atoms with E-state index in [4.69, 9.17) is 0 Å². The second-order valence-corrected chi connectivity index (χ2v) is 6.85. The summed E-state index contributed by atoms with van der Waals surface area (Å²) in [5.41, 5.74) is 0. The summed E-state index contributed by atoms with van der Waals surface area (Å²) in [6.45, 7) is 1.94. The normalized spacial score (nSPS) is 20.4. The summed E-state index contributed by atoms with van der Waals surface area (Å²) in [7, 11) is -2.11. The zero-order valence-corrected chi connectivity index (χ0v) is 12.2. The van der Waals surface area contributed by atoms with E-state index in [1.54, 1.807) is 0 Å². The Hall–Kier alpha value is -0.950. The van der Waals surface area contributed by atoms with E-state index in [1.807, 2.05) is 0 Å². The van der Waals surface area contributed by atoms with Crippen molar-refractivity contribution in [2.45, 2.75) is 45.1 Å². The maximum atomic E-state index is 12.2. The molecule has 0 bridgehead atoms. The predicted octanol–water partition coefficient (Wildman–Crippen LogP) is 0.713. The Morgan fingerprint density at radius 3 is 2.63 bits per heavy atom. The standard InChI is InChI=1S/C12H21NO5S/c1-10(14)9-11-5-3-7-13(11)19(16,17)8-4-6-12(15)18-2/h11H,3-9H2,1-2H3. The van der Waals surface area contributed by atoms with Crippen LogP contribution in [-0.2, 0) is 24.3 Å². The van der Waals surface area contributed by atoms with Crippen molar-refractivity contribution in [3.63, 3.8) is 0 Å². The van der Waals surface area contributed by atoms with Gasteiger partial charge in [0.15, 0.2) is 0 Å². The Morgan fingerprint density at radius 1 is 1.37 bits per heavy atom. The molecule has 0 aromatic heterocycles. The van der Waals surface area contributed by atoms with Crippen molar-refractivity contribution in [1.82, 2.24) is 4.31 Å². The molecule has 1 saturated heterocycles. The molecular formula is C12H21NO5S. The number of ketones is 1. The number of Topliss-reactive ketones (excluding diaryl/α,β-unsaturated/α-hetero) is 1. The molecule has 110 valence electrons. The summed E-state index contributed by atoms with van der Waals surface area (Å²) < 4.78 is 30.2. The molecule has 1 aliphatic heterocycles. The maximum Gasteiger partial charge on any atom is 0.305 e. The first-order valence-electron chi connectivity index (χ1n) is 6.42. The molecule has 0 spiro atoms. The molecule has 1 rings (SSSR count). The number of carbonyl (C=O) groups excluding carboxylic acids is 2. The zero-order valence-electron chi connectivity index (χ0n) is 11.4. The van der Waals surface area contributed by atoms with Crippen molar-refractivity contribution in [3.8, 4) is 0 Å². The third-order valence-corrected chi connectivity index (χ3v) is 5.21. The molecule has 7 heteroatoms. The summed E-state index contributed by atoms with van der Waals surface area (Å²) in [5.74, 6) is -0.477. The third kappa shape index (κ3) is 4.91. The van der Waals surface area contributed by atoms with E-state index >= 15 is 0 Å². The molecular weight excluding hydrogens is 270 g/mol. The number of carbonyl (C=O) groups is 2. The monoisotopic (exact) mass is 291 g/mol. The molecule has 0 saturated carbocycles. The van der Waals surface area contributed by atoms with Gasteiger partial charge >= 0.3 is 5.97 Å². The number of methoxy groups -OCH3 is 1. The lowest BCUT2D eigenvalue weighted by Crippen LogP contribution is -2.38. The van der Waals surface area contributed by atoms with Crippen molar-refractivity contribution in [1.29, 1.82) is 0 Å². The molecule has 0 aromatic carbocycles. The Kier molecular flexibility index (Phi) is 5.93. The maximum absolute atomic E-state index is 12.2. The fourth-order valence-electron chi connectivity index (χ4n) is 2.33. The molecule has 1 aliphatic rings. The molecule has 0 amide bonds. The second-order valence-electron chi connectivity index (χ2n) is 4.81. The summed E-state index contributed by atoms with van der Waals surface area (Å²) in [6, 6.07) is -0.208.